The fourth-order valence-corrected chi connectivity index (χ4v) is 3.92. The van der Waals surface area contributed by atoms with Crippen LogP contribution in [0.4, 0.5) is 4.39 Å². The Balaban J connectivity index is 1.45. The van der Waals surface area contributed by atoms with Crippen LogP contribution in [0.15, 0.2) is 47.6 Å². The largest absolute Gasteiger partial charge is 0.390 e. The summed E-state index contributed by atoms with van der Waals surface area (Å²) in [7, 11) is 0. The van der Waals surface area contributed by atoms with Crippen LogP contribution in [0.1, 0.15) is 36.8 Å². The van der Waals surface area contributed by atoms with Gasteiger partial charge in [-0.15, -0.1) is 0 Å². The Kier molecular flexibility index (Phi) is 6.07. The number of carbonyl (C=O) groups excluding carboxylic acids is 1. The molecule has 0 saturated heterocycles. The van der Waals surface area contributed by atoms with Gasteiger partial charge >= 0.3 is 0 Å². The standard InChI is InChI=1S/C22H21Cl2FN2O2/c23-19-8-7-16(10-20(19)24)21-11-18(29-26-21)13-27(22(28)15-4-2-5-15)12-14-3-1-6-17(25)9-14/h1,3,6-10,15,18H,2,4-5,11-13H2/t18-/m1/s1. The summed E-state index contributed by atoms with van der Waals surface area (Å²) in [5, 5.41) is 5.13. The zero-order chi connectivity index (χ0) is 20.4. The van der Waals surface area contributed by atoms with Crippen LogP contribution >= 0.6 is 23.2 Å². The number of amides is 1. The summed E-state index contributed by atoms with van der Waals surface area (Å²) in [6, 6.07) is 11.7. The van der Waals surface area contributed by atoms with E-state index in [4.69, 9.17) is 28.0 Å². The number of nitrogens with zero attached hydrogens (tertiary/aromatic N) is 2. The van der Waals surface area contributed by atoms with E-state index in [2.05, 4.69) is 5.16 Å². The average Bonchev–Trinajstić information content (AvgIpc) is 3.10. The van der Waals surface area contributed by atoms with E-state index in [1.165, 1.54) is 12.1 Å². The maximum Gasteiger partial charge on any atom is 0.226 e. The second-order valence-electron chi connectivity index (χ2n) is 7.57. The highest BCUT2D eigenvalue weighted by atomic mass is 35.5. The number of hydrogen-bond acceptors (Lipinski definition) is 3. The molecular weight excluding hydrogens is 414 g/mol. The highest BCUT2D eigenvalue weighted by molar-refractivity contribution is 6.42. The van der Waals surface area contributed by atoms with Crippen LogP contribution < -0.4 is 0 Å². The smallest absolute Gasteiger partial charge is 0.226 e. The van der Waals surface area contributed by atoms with E-state index >= 15 is 0 Å². The summed E-state index contributed by atoms with van der Waals surface area (Å²) in [6.45, 7) is 0.759. The molecule has 0 N–H and O–H groups in total. The van der Waals surface area contributed by atoms with Crippen LogP contribution in [0, 0.1) is 11.7 Å². The van der Waals surface area contributed by atoms with Crippen molar-refractivity contribution in [2.45, 2.75) is 38.3 Å². The third kappa shape index (κ3) is 4.73. The van der Waals surface area contributed by atoms with Gasteiger partial charge in [0.1, 0.15) is 5.82 Å². The fraction of sp³-hybridized carbons (Fsp3) is 0.364. The molecule has 1 aliphatic carbocycles. The molecule has 4 rings (SSSR count). The number of carbonyl (C=O) groups is 1. The molecule has 1 saturated carbocycles. The van der Waals surface area contributed by atoms with Gasteiger partial charge < -0.3 is 9.74 Å². The second kappa shape index (κ2) is 8.72. The first kappa shape index (κ1) is 20.2. The van der Waals surface area contributed by atoms with E-state index in [9.17, 15) is 9.18 Å². The molecule has 1 atom stereocenters. The van der Waals surface area contributed by atoms with E-state index in [-0.39, 0.29) is 23.7 Å². The Morgan fingerprint density at radius 2 is 2.00 bits per heavy atom. The number of halogens is 3. The normalized spacial score (nSPS) is 18.7. The van der Waals surface area contributed by atoms with Gasteiger partial charge in [0.15, 0.2) is 6.10 Å². The summed E-state index contributed by atoms with van der Waals surface area (Å²) < 4.78 is 13.6. The molecule has 0 bridgehead atoms. The Bertz CT molecular complexity index is 946. The Labute approximate surface area is 179 Å². The third-order valence-corrected chi connectivity index (χ3v) is 6.18. The SMILES string of the molecule is O=C(C1CCC1)N(Cc1cccc(F)c1)C[C@H]1CC(c2ccc(Cl)c(Cl)c2)=NO1. The summed E-state index contributed by atoms with van der Waals surface area (Å²) in [5.41, 5.74) is 2.39. The predicted molar refractivity (Wildman–Crippen MR) is 112 cm³/mol. The van der Waals surface area contributed by atoms with Crippen LogP contribution in [0.5, 0.6) is 0 Å². The Morgan fingerprint density at radius 3 is 2.69 bits per heavy atom. The van der Waals surface area contributed by atoms with Crippen molar-refractivity contribution >= 4 is 34.8 Å². The minimum Gasteiger partial charge on any atom is -0.390 e. The molecule has 2 aromatic rings. The number of oxime groups is 1. The molecular formula is C22H21Cl2FN2O2. The third-order valence-electron chi connectivity index (χ3n) is 5.44. The monoisotopic (exact) mass is 434 g/mol. The van der Waals surface area contributed by atoms with Gasteiger partial charge in [0.2, 0.25) is 5.91 Å². The van der Waals surface area contributed by atoms with E-state index in [1.807, 2.05) is 12.1 Å². The molecule has 7 heteroatoms. The first-order valence-electron chi connectivity index (χ1n) is 9.71. The van der Waals surface area contributed by atoms with Crippen molar-refractivity contribution in [1.29, 1.82) is 0 Å². The number of hydrogen-bond donors (Lipinski definition) is 0. The molecule has 1 fully saturated rings. The fourth-order valence-electron chi connectivity index (χ4n) is 3.62. The Morgan fingerprint density at radius 1 is 1.17 bits per heavy atom. The lowest BCUT2D eigenvalue weighted by Crippen LogP contribution is -2.42. The van der Waals surface area contributed by atoms with Crippen LogP contribution in [-0.2, 0) is 16.2 Å². The quantitative estimate of drug-likeness (QED) is 0.605. The molecule has 0 aromatic heterocycles. The average molecular weight is 435 g/mol. The van der Waals surface area contributed by atoms with E-state index in [1.54, 1.807) is 23.1 Å². The van der Waals surface area contributed by atoms with Gasteiger partial charge in [0.05, 0.1) is 22.3 Å². The maximum atomic E-state index is 13.6. The molecule has 1 heterocycles. The van der Waals surface area contributed by atoms with Gasteiger partial charge in [-0.25, -0.2) is 4.39 Å². The first-order chi connectivity index (χ1) is 14.0. The van der Waals surface area contributed by atoms with Gasteiger partial charge in [-0.05, 0) is 42.7 Å². The van der Waals surface area contributed by atoms with E-state index in [0.29, 0.717) is 29.6 Å². The van der Waals surface area contributed by atoms with Crippen LogP contribution in [0.3, 0.4) is 0 Å². The van der Waals surface area contributed by atoms with E-state index < -0.39 is 0 Å². The Hall–Kier alpha value is -2.11. The van der Waals surface area contributed by atoms with Crippen LogP contribution in [0.2, 0.25) is 10.0 Å². The van der Waals surface area contributed by atoms with Crippen molar-refractivity contribution in [2.24, 2.45) is 11.1 Å². The molecule has 1 aliphatic heterocycles. The minimum absolute atomic E-state index is 0.0559. The zero-order valence-corrected chi connectivity index (χ0v) is 17.3. The molecule has 1 amide bonds. The molecule has 4 nitrogen and oxygen atoms in total. The van der Waals surface area contributed by atoms with Gasteiger partial charge in [0.25, 0.3) is 0 Å². The number of rotatable bonds is 6. The van der Waals surface area contributed by atoms with Gasteiger partial charge in [-0.1, -0.05) is 53.0 Å². The molecule has 0 radical (unpaired) electrons. The van der Waals surface area contributed by atoms with Gasteiger partial charge in [-0.3, -0.25) is 4.79 Å². The van der Waals surface area contributed by atoms with Crippen molar-refractivity contribution in [3.63, 3.8) is 0 Å². The lowest BCUT2D eigenvalue weighted by atomic mass is 9.84. The highest BCUT2D eigenvalue weighted by Gasteiger charge is 2.33. The van der Waals surface area contributed by atoms with Crippen LogP contribution in [-0.4, -0.2) is 29.2 Å². The first-order valence-corrected chi connectivity index (χ1v) is 10.5. The minimum atomic E-state index is -0.305. The van der Waals surface area contributed by atoms with Crippen molar-refractivity contribution < 1.29 is 14.0 Å². The van der Waals surface area contributed by atoms with Gasteiger partial charge in [-0.2, -0.15) is 0 Å². The summed E-state index contributed by atoms with van der Waals surface area (Å²) in [4.78, 5) is 20.3. The molecule has 29 heavy (non-hydrogen) atoms. The zero-order valence-electron chi connectivity index (χ0n) is 15.8. The summed E-state index contributed by atoms with van der Waals surface area (Å²) in [6.07, 6.45) is 3.21. The highest BCUT2D eigenvalue weighted by Crippen LogP contribution is 2.30. The molecule has 2 aromatic carbocycles. The van der Waals surface area contributed by atoms with Crippen molar-refractivity contribution in [2.75, 3.05) is 6.54 Å². The van der Waals surface area contributed by atoms with Gasteiger partial charge in [0, 0.05) is 24.4 Å². The topological polar surface area (TPSA) is 41.9 Å². The molecule has 2 aliphatic rings. The predicted octanol–water partition coefficient (Wildman–Crippen LogP) is 5.45. The van der Waals surface area contributed by atoms with Crippen molar-refractivity contribution in [1.82, 2.24) is 4.90 Å². The summed E-state index contributed by atoms with van der Waals surface area (Å²) in [5.74, 6) is -0.145. The van der Waals surface area contributed by atoms with Crippen molar-refractivity contribution in [3.05, 3.63) is 69.5 Å². The molecule has 152 valence electrons. The van der Waals surface area contributed by atoms with E-state index in [0.717, 1.165) is 36.1 Å². The van der Waals surface area contributed by atoms with Crippen molar-refractivity contribution in [3.8, 4) is 0 Å². The maximum absolute atomic E-state index is 13.6. The lowest BCUT2D eigenvalue weighted by molar-refractivity contribution is -0.140. The number of benzene rings is 2. The summed E-state index contributed by atoms with van der Waals surface area (Å²) >= 11 is 12.1. The molecule has 0 unspecified atom stereocenters. The molecule has 0 spiro atoms. The van der Waals surface area contributed by atoms with Crippen LogP contribution in [0.25, 0.3) is 0 Å². The second-order valence-corrected chi connectivity index (χ2v) is 8.39. The lowest BCUT2D eigenvalue weighted by Gasteiger charge is -2.32.